The van der Waals surface area contributed by atoms with Gasteiger partial charge in [0, 0.05) is 38.8 Å². The van der Waals surface area contributed by atoms with E-state index in [-0.39, 0.29) is 37.4 Å². The molecule has 77 heavy (non-hydrogen) atoms. The smallest absolute Gasteiger partial charge is 0.466 e. The summed E-state index contributed by atoms with van der Waals surface area (Å²) in [4.78, 5) is 54.3. The normalized spacial score (nSPS) is 12.1. The first-order valence-electron chi connectivity index (χ1n) is 31.2. The van der Waals surface area contributed by atoms with Gasteiger partial charge in [0.25, 0.3) is 0 Å². The maximum absolute atomic E-state index is 12.7. The molecule has 0 spiro atoms. The fraction of sp³-hybridized carbons (Fsp3) is 0.815. The minimum absolute atomic E-state index is 0.0815. The van der Waals surface area contributed by atoms with Gasteiger partial charge in [0.1, 0.15) is 12.2 Å². The third-order valence-corrected chi connectivity index (χ3v) is 13.4. The average molecular weight is 1080 g/mol. The van der Waals surface area contributed by atoms with Crippen LogP contribution in [0.3, 0.4) is 0 Å². The molecular formula is C65H114N2O10. The zero-order valence-electron chi connectivity index (χ0n) is 50.3. The average Bonchev–Trinajstić information content (AvgIpc) is 3.41. The third kappa shape index (κ3) is 55.1. The molecule has 12 nitrogen and oxygen atoms in total. The van der Waals surface area contributed by atoms with Crippen LogP contribution in [0.4, 0.5) is 9.59 Å². The van der Waals surface area contributed by atoms with Gasteiger partial charge >= 0.3 is 24.2 Å². The Kier molecular flexibility index (Phi) is 55.1. The predicted octanol–water partition coefficient (Wildman–Crippen LogP) is 16.6. The minimum atomic E-state index is -0.623. The van der Waals surface area contributed by atoms with E-state index in [1.54, 1.807) is 0 Å². The number of allylic oxidation sites excluding steroid dienone is 2. The van der Waals surface area contributed by atoms with E-state index >= 15 is 0 Å². The number of rotatable bonds is 52. The van der Waals surface area contributed by atoms with Crippen molar-refractivity contribution in [3.8, 4) is 23.7 Å². The molecule has 0 rings (SSSR count). The lowest BCUT2D eigenvalue weighted by molar-refractivity contribution is -0.144. The summed E-state index contributed by atoms with van der Waals surface area (Å²) >= 11 is 0. The van der Waals surface area contributed by atoms with Crippen LogP contribution >= 0.6 is 0 Å². The maximum atomic E-state index is 12.7. The van der Waals surface area contributed by atoms with E-state index in [1.165, 1.54) is 38.5 Å². The van der Waals surface area contributed by atoms with Crippen molar-refractivity contribution >= 4 is 24.2 Å². The van der Waals surface area contributed by atoms with E-state index in [0.29, 0.717) is 52.0 Å². The Hall–Kier alpha value is -4.00. The Bertz CT molecular complexity index is 1470. The van der Waals surface area contributed by atoms with Crippen LogP contribution in [0.15, 0.2) is 24.3 Å². The summed E-state index contributed by atoms with van der Waals surface area (Å²) in [7, 11) is 4.11. The standard InChI is InChI=1S/C65H114N2O10/c1-7-11-15-19-33-43-58-74-64(70)76-60(46-37-17-13-9-3)48-39-31-27-23-21-25-29-35-41-56-72-62(68)50-54-67(53-45-52-66(5)6)55-51-63(69)73-57-42-36-30-26-22-24-28-32-40-49-61(47-38-18-14-10-4)77-65(71)75-59-44-34-20-16-12-8-2/h31-32,39-40,60-61H,7-30,35-38,41-42,45-59H2,1-6H3/b39-31-,40-32-. The molecular weight excluding hydrogens is 969 g/mol. The molecule has 0 aromatic rings. The first-order valence-corrected chi connectivity index (χ1v) is 31.2. The van der Waals surface area contributed by atoms with Crippen LogP contribution < -0.4 is 0 Å². The van der Waals surface area contributed by atoms with Crippen molar-refractivity contribution < 1.29 is 47.6 Å². The molecule has 0 heterocycles. The van der Waals surface area contributed by atoms with Crippen molar-refractivity contribution in [2.45, 2.75) is 277 Å². The van der Waals surface area contributed by atoms with Crippen LogP contribution in [-0.4, -0.2) is 113 Å². The number of hydrogen-bond acceptors (Lipinski definition) is 12. The molecule has 0 bridgehead atoms. The Morgan fingerprint density at radius 3 is 1.21 bits per heavy atom. The molecule has 2 unspecified atom stereocenters. The highest BCUT2D eigenvalue weighted by Gasteiger charge is 2.16. The van der Waals surface area contributed by atoms with Crippen LogP contribution in [0, 0.1) is 23.7 Å². The fourth-order valence-electron chi connectivity index (χ4n) is 8.62. The van der Waals surface area contributed by atoms with E-state index in [1.807, 2.05) is 0 Å². The molecule has 2 atom stereocenters. The second-order valence-corrected chi connectivity index (χ2v) is 21.1. The van der Waals surface area contributed by atoms with Crippen LogP contribution in [0.2, 0.25) is 0 Å². The van der Waals surface area contributed by atoms with Crippen molar-refractivity contribution in [3.63, 3.8) is 0 Å². The van der Waals surface area contributed by atoms with Crippen molar-refractivity contribution in [1.82, 2.24) is 9.80 Å². The van der Waals surface area contributed by atoms with Gasteiger partial charge in [-0.05, 0) is 111 Å². The van der Waals surface area contributed by atoms with E-state index in [4.69, 9.17) is 28.4 Å². The van der Waals surface area contributed by atoms with Crippen LogP contribution in [0.25, 0.3) is 0 Å². The SMILES string of the molecule is CCCCCC#CCOC(=O)OC(C/C=C\CCCCCCCCOC(=O)CCN(CCCN(C)C)CCC(=O)OCCCCCCCC/C=C\CC(CCCCCC)OC(=O)OCC#CCCCCC)CCCCCC. The lowest BCUT2D eigenvalue weighted by Gasteiger charge is -2.22. The molecule has 0 aliphatic heterocycles. The Balaban J connectivity index is 4.30. The molecule has 0 amide bonds. The van der Waals surface area contributed by atoms with Gasteiger partial charge < -0.3 is 38.2 Å². The highest BCUT2D eigenvalue weighted by Crippen LogP contribution is 2.17. The second kappa shape index (κ2) is 58.2. The number of nitrogens with zero attached hydrogens (tertiary/aromatic N) is 2. The summed E-state index contributed by atoms with van der Waals surface area (Å²) in [6, 6.07) is 0. The molecule has 444 valence electrons. The number of esters is 2. The van der Waals surface area contributed by atoms with Gasteiger partial charge in [-0.2, -0.15) is 0 Å². The number of hydrogen-bond donors (Lipinski definition) is 0. The molecule has 0 saturated carbocycles. The Morgan fingerprint density at radius 1 is 0.403 bits per heavy atom. The summed E-state index contributed by atoms with van der Waals surface area (Å²) in [5.74, 6) is 11.6. The van der Waals surface area contributed by atoms with E-state index in [2.05, 4.69) is 99.6 Å². The van der Waals surface area contributed by atoms with Gasteiger partial charge in [-0.1, -0.05) is 191 Å². The number of carbonyl (C=O) groups is 4. The second-order valence-electron chi connectivity index (χ2n) is 21.1. The first kappa shape index (κ1) is 73.0. The van der Waals surface area contributed by atoms with Crippen molar-refractivity contribution in [3.05, 3.63) is 24.3 Å². The summed E-state index contributed by atoms with van der Waals surface area (Å²) < 4.78 is 32.9. The quantitative estimate of drug-likeness (QED) is 0.0189. The number of carbonyl (C=O) groups excluding carboxylic acids is 4. The maximum Gasteiger partial charge on any atom is 0.509 e. The third-order valence-electron chi connectivity index (χ3n) is 13.4. The molecule has 0 radical (unpaired) electrons. The highest BCUT2D eigenvalue weighted by molar-refractivity contribution is 5.70. The lowest BCUT2D eigenvalue weighted by atomic mass is 10.1. The van der Waals surface area contributed by atoms with E-state index < -0.39 is 12.3 Å². The van der Waals surface area contributed by atoms with Crippen molar-refractivity contribution in [1.29, 1.82) is 0 Å². The summed E-state index contributed by atoms with van der Waals surface area (Å²) in [6.07, 6.45) is 44.3. The lowest BCUT2D eigenvalue weighted by Crippen LogP contribution is -2.32. The van der Waals surface area contributed by atoms with Gasteiger partial charge in [0.05, 0.1) is 26.1 Å². The van der Waals surface area contributed by atoms with Gasteiger partial charge in [-0.3, -0.25) is 9.59 Å². The molecule has 0 fully saturated rings. The minimum Gasteiger partial charge on any atom is -0.466 e. The van der Waals surface area contributed by atoms with Gasteiger partial charge in [0.2, 0.25) is 0 Å². The molecule has 0 aromatic carbocycles. The topological polar surface area (TPSA) is 130 Å². The molecule has 0 aliphatic carbocycles. The van der Waals surface area contributed by atoms with Gasteiger partial charge in [0.15, 0.2) is 13.2 Å². The fourth-order valence-corrected chi connectivity index (χ4v) is 8.62. The molecule has 0 saturated heterocycles. The number of ether oxygens (including phenoxy) is 6. The first-order chi connectivity index (χ1) is 37.6. The zero-order chi connectivity index (χ0) is 56.3. The van der Waals surface area contributed by atoms with E-state index in [9.17, 15) is 19.2 Å². The largest absolute Gasteiger partial charge is 0.509 e. The van der Waals surface area contributed by atoms with Crippen molar-refractivity contribution in [2.75, 3.05) is 66.7 Å². The summed E-state index contributed by atoms with van der Waals surface area (Å²) in [5.41, 5.74) is 0. The molecule has 0 aromatic heterocycles. The number of unbranched alkanes of at least 4 members (excludes halogenated alkanes) is 24. The summed E-state index contributed by atoms with van der Waals surface area (Å²) in [6.45, 7) is 12.7. The Labute approximate surface area is 472 Å². The summed E-state index contributed by atoms with van der Waals surface area (Å²) in [5, 5.41) is 0. The zero-order valence-corrected chi connectivity index (χ0v) is 50.3. The molecule has 0 aliphatic rings. The van der Waals surface area contributed by atoms with Gasteiger partial charge in [-0.15, -0.1) is 0 Å². The molecule has 12 heteroatoms. The van der Waals surface area contributed by atoms with E-state index in [0.717, 1.165) is 186 Å². The monoisotopic (exact) mass is 1080 g/mol. The molecule has 0 N–H and O–H groups in total. The van der Waals surface area contributed by atoms with Crippen LogP contribution in [0.5, 0.6) is 0 Å². The highest BCUT2D eigenvalue weighted by atomic mass is 16.7. The van der Waals surface area contributed by atoms with Crippen LogP contribution in [0.1, 0.15) is 265 Å². The van der Waals surface area contributed by atoms with Crippen LogP contribution in [-0.2, 0) is 38.0 Å². The van der Waals surface area contributed by atoms with Crippen molar-refractivity contribution in [2.24, 2.45) is 0 Å². The predicted molar refractivity (Wildman–Crippen MR) is 317 cm³/mol. The Morgan fingerprint density at radius 2 is 0.792 bits per heavy atom. The van der Waals surface area contributed by atoms with Gasteiger partial charge in [-0.25, -0.2) is 9.59 Å².